The molecule has 1 N–H and O–H groups in total. The van der Waals surface area contributed by atoms with Crippen molar-refractivity contribution in [3.05, 3.63) is 78.4 Å². The van der Waals surface area contributed by atoms with Gasteiger partial charge in [-0.3, -0.25) is 14.1 Å². The molecule has 0 atom stereocenters. The van der Waals surface area contributed by atoms with Crippen LogP contribution in [0.1, 0.15) is 22.7 Å². The van der Waals surface area contributed by atoms with Gasteiger partial charge in [-0.2, -0.15) is 8.78 Å². The summed E-state index contributed by atoms with van der Waals surface area (Å²) in [5.74, 6) is -0.352. The molecule has 0 saturated heterocycles. The van der Waals surface area contributed by atoms with Crippen molar-refractivity contribution in [2.75, 3.05) is 11.8 Å². The fourth-order valence-corrected chi connectivity index (χ4v) is 3.72. The Morgan fingerprint density at radius 1 is 1.14 bits per heavy atom. The van der Waals surface area contributed by atoms with Crippen LogP contribution in [0.2, 0.25) is 0 Å². The molecular weight excluding hydrogens is 402 g/mol. The first-order valence-corrected chi connectivity index (χ1v) is 9.99. The molecule has 0 bridgehead atoms. The van der Waals surface area contributed by atoms with Crippen molar-refractivity contribution in [3.8, 4) is 0 Å². The Morgan fingerprint density at radius 2 is 1.79 bits per heavy atom. The van der Waals surface area contributed by atoms with E-state index < -0.39 is 22.5 Å². The summed E-state index contributed by atoms with van der Waals surface area (Å²) in [6.07, 6.45) is 2.39. The lowest BCUT2D eigenvalue weighted by molar-refractivity contribution is 0.0612. The van der Waals surface area contributed by atoms with Crippen LogP contribution in [-0.2, 0) is 16.6 Å². The molecule has 1 aromatic heterocycles. The SMILES string of the molecule is CN(Cc1nccn1C(F)F)C(=O)c1ccc(NS(=O)(=O)c2ccccc2)cc1. The van der Waals surface area contributed by atoms with Crippen molar-refractivity contribution in [1.82, 2.24) is 14.5 Å². The van der Waals surface area contributed by atoms with Gasteiger partial charge < -0.3 is 4.90 Å². The number of anilines is 1. The lowest BCUT2D eigenvalue weighted by Crippen LogP contribution is -2.27. The summed E-state index contributed by atoms with van der Waals surface area (Å²) in [4.78, 5) is 17.8. The number of alkyl halides is 2. The average molecular weight is 420 g/mol. The number of nitrogens with zero attached hydrogens (tertiary/aromatic N) is 3. The number of carbonyl (C=O) groups excluding carboxylic acids is 1. The lowest BCUT2D eigenvalue weighted by atomic mass is 10.2. The summed E-state index contributed by atoms with van der Waals surface area (Å²) in [7, 11) is -2.27. The first-order chi connectivity index (χ1) is 13.8. The van der Waals surface area contributed by atoms with Gasteiger partial charge in [0.25, 0.3) is 15.9 Å². The van der Waals surface area contributed by atoms with Crippen molar-refractivity contribution in [2.24, 2.45) is 0 Å². The Bertz CT molecular complexity index is 1080. The van der Waals surface area contributed by atoms with Crippen LogP contribution in [-0.4, -0.2) is 35.8 Å². The third-order valence-corrected chi connectivity index (χ3v) is 5.52. The topological polar surface area (TPSA) is 84.3 Å². The Labute approximate surface area is 166 Å². The van der Waals surface area contributed by atoms with E-state index in [1.807, 2.05) is 0 Å². The zero-order valence-electron chi connectivity index (χ0n) is 15.4. The molecule has 1 heterocycles. The minimum Gasteiger partial charge on any atom is -0.334 e. The quantitative estimate of drug-likeness (QED) is 0.635. The average Bonchev–Trinajstić information content (AvgIpc) is 3.17. The predicted molar refractivity (Wildman–Crippen MR) is 103 cm³/mol. The van der Waals surface area contributed by atoms with Crippen LogP contribution >= 0.6 is 0 Å². The summed E-state index contributed by atoms with van der Waals surface area (Å²) in [6.45, 7) is -2.84. The van der Waals surface area contributed by atoms with E-state index in [0.29, 0.717) is 10.3 Å². The Morgan fingerprint density at radius 3 is 2.41 bits per heavy atom. The molecule has 29 heavy (non-hydrogen) atoms. The third-order valence-electron chi connectivity index (χ3n) is 4.12. The van der Waals surface area contributed by atoms with Crippen LogP contribution in [0.25, 0.3) is 0 Å². The highest BCUT2D eigenvalue weighted by Gasteiger charge is 2.18. The van der Waals surface area contributed by atoms with Crippen molar-refractivity contribution in [1.29, 1.82) is 0 Å². The number of amides is 1. The third kappa shape index (κ3) is 4.77. The van der Waals surface area contributed by atoms with E-state index >= 15 is 0 Å². The van der Waals surface area contributed by atoms with Gasteiger partial charge in [-0.1, -0.05) is 18.2 Å². The summed E-state index contributed by atoms with van der Waals surface area (Å²) in [5, 5.41) is 0. The van der Waals surface area contributed by atoms with E-state index in [2.05, 4.69) is 9.71 Å². The number of hydrogen-bond acceptors (Lipinski definition) is 4. The van der Waals surface area contributed by atoms with Crippen molar-refractivity contribution in [3.63, 3.8) is 0 Å². The smallest absolute Gasteiger partial charge is 0.319 e. The number of halogens is 2. The maximum atomic E-state index is 12.9. The number of sulfonamides is 1. The summed E-state index contributed by atoms with van der Waals surface area (Å²) >= 11 is 0. The maximum Gasteiger partial charge on any atom is 0.319 e. The van der Waals surface area contributed by atoms with E-state index in [4.69, 9.17) is 0 Å². The number of nitrogens with one attached hydrogen (secondary N) is 1. The van der Waals surface area contributed by atoms with Crippen molar-refractivity contribution < 1.29 is 22.0 Å². The molecular formula is C19H18F2N4O3S. The van der Waals surface area contributed by atoms with Gasteiger partial charge in [0.05, 0.1) is 11.4 Å². The highest BCUT2D eigenvalue weighted by molar-refractivity contribution is 7.92. The largest absolute Gasteiger partial charge is 0.334 e. The summed E-state index contributed by atoms with van der Waals surface area (Å²) in [6, 6.07) is 13.7. The Balaban J connectivity index is 1.69. The molecule has 3 aromatic rings. The normalized spacial score (nSPS) is 11.4. The number of hydrogen-bond donors (Lipinski definition) is 1. The minimum atomic E-state index is -3.74. The zero-order chi connectivity index (χ0) is 21.0. The van der Waals surface area contributed by atoms with Crippen molar-refractivity contribution in [2.45, 2.75) is 18.0 Å². The summed E-state index contributed by atoms with van der Waals surface area (Å²) in [5.41, 5.74) is 0.576. The maximum absolute atomic E-state index is 12.9. The standard InChI is InChI=1S/C19H18F2N4O3S/c1-24(13-17-22-11-12-25(17)19(20)21)18(26)14-7-9-15(10-8-14)23-29(27,28)16-5-3-2-4-6-16/h2-12,19,23H,13H2,1H3. The van der Waals surface area contributed by atoms with Gasteiger partial charge in [-0.15, -0.1) is 0 Å². The van der Waals surface area contributed by atoms with Gasteiger partial charge in [0, 0.05) is 30.7 Å². The summed E-state index contributed by atoms with van der Waals surface area (Å²) < 4.78 is 53.6. The molecule has 0 unspecified atom stereocenters. The van der Waals surface area contributed by atoms with E-state index in [9.17, 15) is 22.0 Å². The fourth-order valence-electron chi connectivity index (χ4n) is 2.64. The van der Waals surface area contributed by atoms with Gasteiger partial charge in [0.2, 0.25) is 0 Å². The molecule has 0 saturated carbocycles. The first kappa shape index (κ1) is 20.5. The minimum absolute atomic E-state index is 0.0584. The van der Waals surface area contributed by atoms with Gasteiger partial charge in [-0.05, 0) is 36.4 Å². The van der Waals surface area contributed by atoms with Gasteiger partial charge >= 0.3 is 6.55 Å². The van der Waals surface area contributed by atoms with Crippen molar-refractivity contribution >= 4 is 21.6 Å². The van der Waals surface area contributed by atoms with Gasteiger partial charge in [0.1, 0.15) is 5.82 Å². The van der Waals surface area contributed by atoms with Crippen LogP contribution in [0.3, 0.4) is 0 Å². The number of aromatic nitrogens is 2. The van der Waals surface area contributed by atoms with Gasteiger partial charge in [0.15, 0.2) is 0 Å². The Kier molecular flexibility index (Phi) is 5.92. The molecule has 0 radical (unpaired) electrons. The predicted octanol–water partition coefficient (Wildman–Crippen LogP) is 3.35. The first-order valence-electron chi connectivity index (χ1n) is 8.51. The Hall–Kier alpha value is -3.27. The fraction of sp³-hybridized carbons (Fsp3) is 0.158. The molecule has 10 heteroatoms. The molecule has 7 nitrogen and oxygen atoms in total. The molecule has 1 amide bonds. The van der Waals surface area contributed by atoms with Crippen LogP contribution in [0.15, 0.2) is 71.9 Å². The highest BCUT2D eigenvalue weighted by atomic mass is 32.2. The molecule has 0 spiro atoms. The van der Waals surface area contributed by atoms with E-state index in [-0.39, 0.29) is 22.8 Å². The molecule has 0 aliphatic carbocycles. The van der Waals surface area contributed by atoms with Crippen LogP contribution in [0, 0.1) is 0 Å². The molecule has 152 valence electrons. The second kappa shape index (κ2) is 8.39. The second-order valence-electron chi connectivity index (χ2n) is 6.19. The monoisotopic (exact) mass is 420 g/mol. The van der Waals surface area contributed by atoms with E-state index in [0.717, 1.165) is 6.20 Å². The van der Waals surface area contributed by atoms with Gasteiger partial charge in [-0.25, -0.2) is 13.4 Å². The number of imidazole rings is 1. The van der Waals surface area contributed by atoms with Crippen LogP contribution < -0.4 is 4.72 Å². The van der Waals surface area contributed by atoms with Crippen LogP contribution in [0.4, 0.5) is 14.5 Å². The lowest BCUT2D eigenvalue weighted by Gasteiger charge is -2.18. The molecule has 0 aliphatic rings. The number of benzene rings is 2. The molecule has 3 rings (SSSR count). The van der Waals surface area contributed by atoms with E-state index in [1.54, 1.807) is 18.2 Å². The molecule has 2 aromatic carbocycles. The number of rotatable bonds is 7. The zero-order valence-corrected chi connectivity index (χ0v) is 16.2. The molecule has 0 fully saturated rings. The molecule has 0 aliphatic heterocycles. The van der Waals surface area contributed by atoms with E-state index in [1.165, 1.54) is 54.5 Å². The van der Waals surface area contributed by atoms with Crippen LogP contribution in [0.5, 0.6) is 0 Å². The second-order valence-corrected chi connectivity index (χ2v) is 7.87. The number of carbonyl (C=O) groups is 1. The highest BCUT2D eigenvalue weighted by Crippen LogP contribution is 2.18.